The van der Waals surface area contributed by atoms with Gasteiger partial charge in [0.05, 0.1) is 6.42 Å². The number of nitrogens with one attached hydrogen (secondary N) is 3. The standard InChI is InChI=1S/C23H28BrN3O4/c1-23(2,3)31-20(28)13-14-25-21(29)19(15-16-7-5-4-6-8-16)27-22(30)26-18-11-9-17(24)10-12-18/h4-12,19H,13-15H2,1-3H3,(H,25,29)(H2,26,27,30)/t19-/m0/s1. The first-order chi connectivity index (χ1) is 14.6. The van der Waals surface area contributed by atoms with E-state index in [0.717, 1.165) is 10.0 Å². The second kappa shape index (κ2) is 11.5. The normalized spacial score (nSPS) is 11.9. The van der Waals surface area contributed by atoms with Gasteiger partial charge in [0.1, 0.15) is 11.6 Å². The lowest BCUT2D eigenvalue weighted by Gasteiger charge is -2.21. The van der Waals surface area contributed by atoms with Gasteiger partial charge in [-0.1, -0.05) is 46.3 Å². The number of esters is 1. The lowest BCUT2D eigenvalue weighted by atomic mass is 10.1. The van der Waals surface area contributed by atoms with E-state index in [0.29, 0.717) is 12.1 Å². The van der Waals surface area contributed by atoms with Crippen molar-refractivity contribution >= 4 is 39.5 Å². The van der Waals surface area contributed by atoms with Crippen molar-refractivity contribution in [2.75, 3.05) is 11.9 Å². The molecule has 0 aliphatic rings. The topological polar surface area (TPSA) is 96.5 Å². The maximum absolute atomic E-state index is 12.7. The Balaban J connectivity index is 1.96. The molecule has 0 aliphatic carbocycles. The third-order valence-electron chi connectivity index (χ3n) is 4.05. The van der Waals surface area contributed by atoms with Crippen LogP contribution in [0.4, 0.5) is 10.5 Å². The molecule has 1 atom stereocenters. The van der Waals surface area contributed by atoms with Crippen LogP contribution in [-0.4, -0.2) is 36.1 Å². The summed E-state index contributed by atoms with van der Waals surface area (Å²) in [5.41, 5.74) is 0.923. The highest BCUT2D eigenvalue weighted by atomic mass is 79.9. The number of halogens is 1. The molecule has 0 aromatic heterocycles. The van der Waals surface area contributed by atoms with Crippen LogP contribution in [0.2, 0.25) is 0 Å². The van der Waals surface area contributed by atoms with Crippen molar-refractivity contribution in [2.24, 2.45) is 0 Å². The average molecular weight is 490 g/mol. The number of hydrogen-bond donors (Lipinski definition) is 3. The summed E-state index contributed by atoms with van der Waals surface area (Å²) in [6, 6.07) is 15.2. The van der Waals surface area contributed by atoms with Crippen LogP contribution in [0.5, 0.6) is 0 Å². The third-order valence-corrected chi connectivity index (χ3v) is 4.58. The quantitative estimate of drug-likeness (QED) is 0.487. The zero-order valence-corrected chi connectivity index (χ0v) is 19.5. The fraction of sp³-hybridized carbons (Fsp3) is 0.348. The first-order valence-corrected chi connectivity index (χ1v) is 10.8. The molecule has 8 heteroatoms. The maximum atomic E-state index is 12.7. The molecule has 0 radical (unpaired) electrons. The van der Waals surface area contributed by atoms with Gasteiger partial charge in [0.25, 0.3) is 0 Å². The number of anilines is 1. The number of urea groups is 1. The predicted octanol–water partition coefficient (Wildman–Crippen LogP) is 4.03. The number of carbonyl (C=O) groups excluding carboxylic acids is 3. The van der Waals surface area contributed by atoms with Crippen LogP contribution in [0, 0.1) is 0 Å². The second-order valence-electron chi connectivity index (χ2n) is 7.98. The molecular weight excluding hydrogens is 462 g/mol. The number of carbonyl (C=O) groups is 3. The van der Waals surface area contributed by atoms with Gasteiger partial charge in [0.2, 0.25) is 5.91 Å². The van der Waals surface area contributed by atoms with Gasteiger partial charge in [-0.3, -0.25) is 9.59 Å². The summed E-state index contributed by atoms with van der Waals surface area (Å²) in [5.74, 6) is -0.772. The summed E-state index contributed by atoms with van der Waals surface area (Å²) in [7, 11) is 0. The van der Waals surface area contributed by atoms with Gasteiger partial charge in [0, 0.05) is 23.1 Å². The van der Waals surface area contributed by atoms with Crippen molar-refractivity contribution < 1.29 is 19.1 Å². The van der Waals surface area contributed by atoms with E-state index in [1.807, 2.05) is 30.3 Å². The van der Waals surface area contributed by atoms with E-state index < -0.39 is 23.6 Å². The molecule has 0 saturated heterocycles. The molecule has 3 amide bonds. The minimum atomic E-state index is -0.809. The number of hydrogen-bond acceptors (Lipinski definition) is 4. The largest absolute Gasteiger partial charge is 0.460 e. The van der Waals surface area contributed by atoms with E-state index in [-0.39, 0.29) is 18.9 Å². The van der Waals surface area contributed by atoms with Crippen LogP contribution in [0.15, 0.2) is 59.1 Å². The van der Waals surface area contributed by atoms with Gasteiger partial charge < -0.3 is 20.7 Å². The Morgan fingerprint density at radius 2 is 1.65 bits per heavy atom. The van der Waals surface area contributed by atoms with E-state index in [4.69, 9.17) is 4.74 Å². The molecule has 0 aliphatic heterocycles. The van der Waals surface area contributed by atoms with Crippen LogP contribution in [0.3, 0.4) is 0 Å². The van der Waals surface area contributed by atoms with Gasteiger partial charge in [-0.05, 0) is 50.6 Å². The number of ether oxygens (including phenoxy) is 1. The molecule has 2 aromatic rings. The molecular formula is C23H28BrN3O4. The highest BCUT2D eigenvalue weighted by Crippen LogP contribution is 2.14. The molecule has 0 fully saturated rings. The molecule has 0 unspecified atom stereocenters. The predicted molar refractivity (Wildman–Crippen MR) is 124 cm³/mol. The van der Waals surface area contributed by atoms with Crippen molar-refractivity contribution in [1.82, 2.24) is 10.6 Å². The van der Waals surface area contributed by atoms with E-state index in [1.54, 1.807) is 45.0 Å². The highest BCUT2D eigenvalue weighted by Gasteiger charge is 2.22. The SMILES string of the molecule is CC(C)(C)OC(=O)CCNC(=O)[C@H](Cc1ccccc1)NC(=O)Nc1ccc(Br)cc1. The van der Waals surface area contributed by atoms with Crippen molar-refractivity contribution in [2.45, 2.75) is 45.3 Å². The Labute approximate surface area is 191 Å². The van der Waals surface area contributed by atoms with Crippen molar-refractivity contribution in [3.63, 3.8) is 0 Å². The third kappa shape index (κ3) is 9.65. The van der Waals surface area contributed by atoms with Crippen LogP contribution in [0.1, 0.15) is 32.8 Å². The molecule has 31 heavy (non-hydrogen) atoms. The smallest absolute Gasteiger partial charge is 0.319 e. The molecule has 0 saturated carbocycles. The summed E-state index contributed by atoms with van der Waals surface area (Å²) in [5, 5.41) is 8.14. The van der Waals surface area contributed by atoms with Crippen molar-refractivity contribution in [3.05, 3.63) is 64.6 Å². The number of amides is 3. The first-order valence-electron chi connectivity index (χ1n) is 9.99. The number of rotatable bonds is 8. The molecule has 3 N–H and O–H groups in total. The fourth-order valence-corrected chi connectivity index (χ4v) is 2.99. The molecule has 0 bridgehead atoms. The first kappa shape index (κ1) is 24.4. The van der Waals surface area contributed by atoms with Gasteiger partial charge in [0.15, 0.2) is 0 Å². The van der Waals surface area contributed by atoms with Crippen molar-refractivity contribution in [1.29, 1.82) is 0 Å². The Morgan fingerprint density at radius 3 is 2.26 bits per heavy atom. The Kier molecular flexibility index (Phi) is 9.05. The van der Waals surface area contributed by atoms with Crippen LogP contribution >= 0.6 is 15.9 Å². The zero-order chi connectivity index (χ0) is 22.9. The van der Waals surface area contributed by atoms with E-state index >= 15 is 0 Å². The number of benzene rings is 2. The highest BCUT2D eigenvalue weighted by molar-refractivity contribution is 9.10. The summed E-state index contributed by atoms with van der Waals surface area (Å²) < 4.78 is 6.13. The van der Waals surface area contributed by atoms with Crippen LogP contribution in [0.25, 0.3) is 0 Å². The van der Waals surface area contributed by atoms with Crippen molar-refractivity contribution in [3.8, 4) is 0 Å². The molecule has 2 aromatic carbocycles. The molecule has 7 nitrogen and oxygen atoms in total. The summed E-state index contributed by atoms with van der Waals surface area (Å²) in [4.78, 5) is 37.0. The maximum Gasteiger partial charge on any atom is 0.319 e. The zero-order valence-electron chi connectivity index (χ0n) is 17.9. The lowest BCUT2D eigenvalue weighted by Crippen LogP contribution is -2.49. The van der Waals surface area contributed by atoms with Crippen LogP contribution < -0.4 is 16.0 Å². The molecule has 0 heterocycles. The van der Waals surface area contributed by atoms with Gasteiger partial charge in [-0.2, -0.15) is 0 Å². The Bertz CT molecular complexity index is 880. The summed E-state index contributed by atoms with van der Waals surface area (Å²) in [6.07, 6.45) is 0.360. The van der Waals surface area contributed by atoms with E-state index in [9.17, 15) is 14.4 Å². The molecule has 0 spiro atoms. The van der Waals surface area contributed by atoms with Gasteiger partial charge in [-0.25, -0.2) is 4.79 Å². The summed E-state index contributed by atoms with van der Waals surface area (Å²) >= 11 is 3.34. The van der Waals surface area contributed by atoms with Gasteiger partial charge >= 0.3 is 12.0 Å². The minimum Gasteiger partial charge on any atom is -0.460 e. The fourth-order valence-electron chi connectivity index (χ4n) is 2.72. The monoisotopic (exact) mass is 489 g/mol. The Hall–Kier alpha value is -2.87. The van der Waals surface area contributed by atoms with Crippen LogP contribution in [-0.2, 0) is 20.7 Å². The van der Waals surface area contributed by atoms with E-state index in [2.05, 4.69) is 31.9 Å². The van der Waals surface area contributed by atoms with Gasteiger partial charge in [-0.15, -0.1) is 0 Å². The minimum absolute atomic E-state index is 0.0478. The Morgan fingerprint density at radius 1 is 1.00 bits per heavy atom. The summed E-state index contributed by atoms with van der Waals surface area (Å²) in [6.45, 7) is 5.48. The second-order valence-corrected chi connectivity index (χ2v) is 8.89. The molecule has 2 rings (SSSR count). The molecule has 166 valence electrons. The van der Waals surface area contributed by atoms with E-state index in [1.165, 1.54) is 0 Å². The lowest BCUT2D eigenvalue weighted by molar-refractivity contribution is -0.154. The average Bonchev–Trinajstić information content (AvgIpc) is 2.68.